The molecule has 0 aromatic carbocycles. The van der Waals surface area contributed by atoms with E-state index in [9.17, 15) is 4.79 Å². The van der Waals surface area contributed by atoms with E-state index in [4.69, 9.17) is 4.74 Å². The molecular weight excluding hydrogens is 316 g/mol. The molecule has 2 rings (SSSR count). The largest absolute Gasteiger partial charge is 0.372 e. The number of halogens is 1. The van der Waals surface area contributed by atoms with Crippen molar-refractivity contribution >= 4 is 33.3 Å². The van der Waals surface area contributed by atoms with E-state index in [-0.39, 0.29) is 18.2 Å². The van der Waals surface area contributed by atoms with Gasteiger partial charge in [-0.3, -0.25) is 0 Å². The number of thiophene rings is 1. The van der Waals surface area contributed by atoms with E-state index in [1.807, 2.05) is 30.2 Å². The van der Waals surface area contributed by atoms with E-state index in [2.05, 4.69) is 21.2 Å². The second-order valence-electron chi connectivity index (χ2n) is 4.55. The molecule has 4 nitrogen and oxygen atoms in total. The maximum atomic E-state index is 12.0. The molecule has 1 aliphatic heterocycles. The van der Waals surface area contributed by atoms with Gasteiger partial charge in [0.2, 0.25) is 0 Å². The van der Waals surface area contributed by atoms with E-state index in [1.54, 1.807) is 11.3 Å². The zero-order valence-electron chi connectivity index (χ0n) is 10.5. The average molecular weight is 333 g/mol. The molecule has 0 spiro atoms. The van der Waals surface area contributed by atoms with Gasteiger partial charge in [-0.05, 0) is 35.8 Å². The SMILES string of the molecule is C[C@H]1CN(C(=O)NCc2cc(Br)cs2)C[C@H](C)O1. The first-order chi connectivity index (χ1) is 8.54. The van der Waals surface area contributed by atoms with Crippen LogP contribution in [0.1, 0.15) is 18.7 Å². The number of rotatable bonds is 2. The minimum absolute atomic E-state index is 0.0125. The van der Waals surface area contributed by atoms with Crippen molar-refractivity contribution in [2.75, 3.05) is 13.1 Å². The van der Waals surface area contributed by atoms with E-state index in [0.29, 0.717) is 19.6 Å². The Morgan fingerprint density at radius 3 is 2.78 bits per heavy atom. The van der Waals surface area contributed by atoms with Crippen molar-refractivity contribution in [3.8, 4) is 0 Å². The van der Waals surface area contributed by atoms with Gasteiger partial charge >= 0.3 is 6.03 Å². The minimum Gasteiger partial charge on any atom is -0.372 e. The highest BCUT2D eigenvalue weighted by Crippen LogP contribution is 2.19. The van der Waals surface area contributed by atoms with Crippen LogP contribution in [0.25, 0.3) is 0 Å². The third-order valence-electron chi connectivity index (χ3n) is 2.74. The second kappa shape index (κ2) is 6.04. The Labute approximate surface area is 119 Å². The first kappa shape index (κ1) is 13.8. The molecular formula is C12H17BrN2O2S. The molecule has 18 heavy (non-hydrogen) atoms. The molecule has 1 saturated heterocycles. The molecule has 1 aliphatic rings. The van der Waals surface area contributed by atoms with Crippen LogP contribution in [-0.2, 0) is 11.3 Å². The highest BCUT2D eigenvalue weighted by molar-refractivity contribution is 9.10. The van der Waals surface area contributed by atoms with Crippen molar-refractivity contribution in [2.45, 2.75) is 32.6 Å². The van der Waals surface area contributed by atoms with Crippen LogP contribution in [-0.4, -0.2) is 36.2 Å². The summed E-state index contributed by atoms with van der Waals surface area (Å²) in [5, 5.41) is 4.96. The fraction of sp³-hybridized carbons (Fsp3) is 0.583. The third kappa shape index (κ3) is 3.70. The van der Waals surface area contributed by atoms with Crippen LogP contribution in [0.15, 0.2) is 15.9 Å². The van der Waals surface area contributed by atoms with Crippen LogP contribution in [0.5, 0.6) is 0 Å². The van der Waals surface area contributed by atoms with E-state index < -0.39 is 0 Å². The molecule has 1 aromatic rings. The highest BCUT2D eigenvalue weighted by atomic mass is 79.9. The van der Waals surface area contributed by atoms with Crippen molar-refractivity contribution < 1.29 is 9.53 Å². The molecule has 1 N–H and O–H groups in total. The van der Waals surface area contributed by atoms with Crippen LogP contribution in [0.4, 0.5) is 4.79 Å². The summed E-state index contributed by atoms with van der Waals surface area (Å²) < 4.78 is 6.67. The normalized spacial score (nSPS) is 24.1. The zero-order valence-corrected chi connectivity index (χ0v) is 12.9. The summed E-state index contributed by atoms with van der Waals surface area (Å²) in [6.07, 6.45) is 0.214. The summed E-state index contributed by atoms with van der Waals surface area (Å²) in [7, 11) is 0. The Morgan fingerprint density at radius 2 is 2.22 bits per heavy atom. The number of nitrogens with zero attached hydrogens (tertiary/aromatic N) is 1. The number of nitrogens with one attached hydrogen (secondary N) is 1. The number of urea groups is 1. The van der Waals surface area contributed by atoms with Gasteiger partial charge in [0, 0.05) is 27.8 Å². The minimum atomic E-state index is -0.0125. The highest BCUT2D eigenvalue weighted by Gasteiger charge is 2.25. The Bertz CT molecular complexity index is 414. The summed E-state index contributed by atoms with van der Waals surface area (Å²) >= 11 is 5.04. The summed E-state index contributed by atoms with van der Waals surface area (Å²) in [4.78, 5) is 15.0. The standard InChI is InChI=1S/C12H17BrN2O2S/c1-8-5-15(6-9(2)17-8)12(16)14-4-11-3-10(13)7-18-11/h3,7-9H,4-6H2,1-2H3,(H,14,16)/t8-,9-/m0/s1. The summed E-state index contributed by atoms with van der Waals surface area (Å²) in [5.41, 5.74) is 0. The summed E-state index contributed by atoms with van der Waals surface area (Å²) in [5.74, 6) is 0. The Morgan fingerprint density at radius 1 is 1.56 bits per heavy atom. The van der Waals surface area contributed by atoms with Crippen molar-refractivity contribution in [1.82, 2.24) is 10.2 Å². The van der Waals surface area contributed by atoms with Gasteiger partial charge in [-0.2, -0.15) is 0 Å². The third-order valence-corrected chi connectivity index (χ3v) is 4.44. The maximum absolute atomic E-state index is 12.0. The lowest BCUT2D eigenvalue weighted by Gasteiger charge is -2.35. The smallest absolute Gasteiger partial charge is 0.317 e. The van der Waals surface area contributed by atoms with Gasteiger partial charge in [0.15, 0.2) is 0 Å². The molecule has 1 aromatic heterocycles. The molecule has 2 amide bonds. The predicted molar refractivity (Wildman–Crippen MR) is 75.8 cm³/mol. The number of amides is 2. The van der Waals surface area contributed by atoms with Gasteiger partial charge in [-0.1, -0.05) is 0 Å². The number of morpholine rings is 1. The van der Waals surface area contributed by atoms with Crippen LogP contribution in [0, 0.1) is 0 Å². The first-order valence-electron chi connectivity index (χ1n) is 5.95. The monoisotopic (exact) mass is 332 g/mol. The van der Waals surface area contributed by atoms with Crippen molar-refractivity contribution in [2.24, 2.45) is 0 Å². The number of hydrogen-bond donors (Lipinski definition) is 1. The van der Waals surface area contributed by atoms with Gasteiger partial charge in [-0.25, -0.2) is 4.79 Å². The van der Waals surface area contributed by atoms with Gasteiger partial charge in [0.1, 0.15) is 0 Å². The molecule has 6 heteroatoms. The summed E-state index contributed by atoms with van der Waals surface area (Å²) in [6.45, 7) is 5.88. The topological polar surface area (TPSA) is 41.6 Å². The predicted octanol–water partition coefficient (Wildman–Crippen LogP) is 2.83. The van der Waals surface area contributed by atoms with Crippen molar-refractivity contribution in [3.63, 3.8) is 0 Å². The number of carbonyl (C=O) groups is 1. The second-order valence-corrected chi connectivity index (χ2v) is 6.46. The van der Waals surface area contributed by atoms with Crippen molar-refractivity contribution in [3.05, 3.63) is 20.8 Å². The van der Waals surface area contributed by atoms with Gasteiger partial charge in [0.25, 0.3) is 0 Å². The van der Waals surface area contributed by atoms with Crippen molar-refractivity contribution in [1.29, 1.82) is 0 Å². The molecule has 0 unspecified atom stereocenters. The molecule has 0 radical (unpaired) electrons. The molecule has 1 fully saturated rings. The van der Waals surface area contributed by atoms with Gasteiger partial charge in [0.05, 0.1) is 18.8 Å². The van der Waals surface area contributed by atoms with Crippen LogP contribution in [0.3, 0.4) is 0 Å². The quantitative estimate of drug-likeness (QED) is 0.904. The van der Waals surface area contributed by atoms with E-state index >= 15 is 0 Å². The van der Waals surface area contributed by atoms with Crippen LogP contribution >= 0.6 is 27.3 Å². The number of ether oxygens (including phenoxy) is 1. The van der Waals surface area contributed by atoms with Gasteiger partial charge < -0.3 is 15.0 Å². The Hall–Kier alpha value is -0.590. The number of carbonyl (C=O) groups excluding carboxylic acids is 1. The lowest BCUT2D eigenvalue weighted by atomic mass is 10.2. The average Bonchev–Trinajstić information content (AvgIpc) is 2.70. The summed E-state index contributed by atoms with van der Waals surface area (Å²) in [6, 6.07) is 2.01. The van der Waals surface area contributed by atoms with E-state index in [0.717, 1.165) is 9.35 Å². The fourth-order valence-electron chi connectivity index (χ4n) is 2.06. The molecule has 0 aliphatic carbocycles. The van der Waals surface area contributed by atoms with E-state index in [1.165, 1.54) is 0 Å². The maximum Gasteiger partial charge on any atom is 0.317 e. The van der Waals surface area contributed by atoms with Crippen LogP contribution in [0.2, 0.25) is 0 Å². The molecule has 100 valence electrons. The zero-order chi connectivity index (χ0) is 13.1. The molecule has 0 bridgehead atoms. The fourth-order valence-corrected chi connectivity index (χ4v) is 3.46. The van der Waals surface area contributed by atoms with Gasteiger partial charge in [-0.15, -0.1) is 11.3 Å². The Balaban J connectivity index is 1.84. The first-order valence-corrected chi connectivity index (χ1v) is 7.63. The lowest BCUT2D eigenvalue weighted by molar-refractivity contribution is -0.0545. The molecule has 2 heterocycles. The Kier molecular flexibility index (Phi) is 4.64. The van der Waals surface area contributed by atoms with Crippen LogP contribution < -0.4 is 5.32 Å². The molecule has 0 saturated carbocycles. The lowest BCUT2D eigenvalue weighted by Crippen LogP contribution is -2.51. The number of hydrogen-bond acceptors (Lipinski definition) is 3. The molecule has 2 atom stereocenters.